The molecular formula is C21H22Cl2N6O3. The smallest absolute Gasteiger partial charge is 0.255 e. The lowest BCUT2D eigenvalue weighted by Crippen LogP contribution is -2.37. The molecule has 1 N–H and O–H groups in total. The Morgan fingerprint density at radius 3 is 2.75 bits per heavy atom. The number of rotatable bonds is 4. The summed E-state index contributed by atoms with van der Waals surface area (Å²) in [7, 11) is 3.41. The van der Waals surface area contributed by atoms with Crippen LogP contribution in [0.4, 0.5) is 0 Å². The van der Waals surface area contributed by atoms with Crippen LogP contribution in [0.1, 0.15) is 22.2 Å². The van der Waals surface area contributed by atoms with Gasteiger partial charge in [0, 0.05) is 36.9 Å². The van der Waals surface area contributed by atoms with Gasteiger partial charge in [-0.15, -0.1) is 12.4 Å². The molecule has 4 rings (SSSR count). The topological polar surface area (TPSA) is 102 Å². The Balaban J connectivity index is 0.00000289. The van der Waals surface area contributed by atoms with E-state index < -0.39 is 6.04 Å². The third-order valence-electron chi connectivity index (χ3n) is 5.11. The molecule has 1 aliphatic rings. The lowest BCUT2D eigenvalue weighted by Gasteiger charge is -2.22. The largest absolute Gasteiger partial charge is 0.496 e. The molecule has 0 bridgehead atoms. The molecule has 0 aliphatic carbocycles. The van der Waals surface area contributed by atoms with E-state index in [9.17, 15) is 9.59 Å². The molecule has 1 atom stereocenters. The van der Waals surface area contributed by atoms with Crippen molar-refractivity contribution in [1.82, 2.24) is 29.7 Å². The van der Waals surface area contributed by atoms with Gasteiger partial charge in [-0.25, -0.2) is 15.0 Å². The van der Waals surface area contributed by atoms with Crippen LogP contribution in [0.3, 0.4) is 0 Å². The van der Waals surface area contributed by atoms with Crippen LogP contribution >= 0.6 is 24.0 Å². The van der Waals surface area contributed by atoms with Gasteiger partial charge in [-0.1, -0.05) is 11.6 Å². The van der Waals surface area contributed by atoms with Crippen molar-refractivity contribution in [3.05, 3.63) is 69.6 Å². The maximum Gasteiger partial charge on any atom is 0.255 e. The van der Waals surface area contributed by atoms with E-state index in [1.807, 2.05) is 11.9 Å². The van der Waals surface area contributed by atoms with Gasteiger partial charge < -0.3 is 15.0 Å². The zero-order valence-corrected chi connectivity index (χ0v) is 19.1. The highest BCUT2D eigenvalue weighted by molar-refractivity contribution is 6.30. The van der Waals surface area contributed by atoms with Crippen LogP contribution in [-0.2, 0) is 6.54 Å². The molecular weight excluding hydrogens is 455 g/mol. The Labute approximate surface area is 195 Å². The van der Waals surface area contributed by atoms with Gasteiger partial charge in [0.25, 0.3) is 11.5 Å². The third kappa shape index (κ3) is 4.90. The van der Waals surface area contributed by atoms with Gasteiger partial charge in [0.2, 0.25) is 0 Å². The molecule has 0 radical (unpaired) electrons. The number of ether oxygens (including phenoxy) is 1. The number of benzene rings is 1. The van der Waals surface area contributed by atoms with Crippen LogP contribution in [0.25, 0.3) is 11.4 Å². The predicted molar refractivity (Wildman–Crippen MR) is 122 cm³/mol. The van der Waals surface area contributed by atoms with E-state index >= 15 is 0 Å². The highest BCUT2D eigenvalue weighted by Gasteiger charge is 2.27. The summed E-state index contributed by atoms with van der Waals surface area (Å²) in [4.78, 5) is 40.8. The van der Waals surface area contributed by atoms with Crippen LogP contribution < -0.4 is 15.6 Å². The highest BCUT2D eigenvalue weighted by Crippen LogP contribution is 2.25. The number of amides is 1. The van der Waals surface area contributed by atoms with E-state index in [-0.39, 0.29) is 23.9 Å². The number of hydrogen-bond acceptors (Lipinski definition) is 7. The highest BCUT2D eigenvalue weighted by atomic mass is 35.5. The van der Waals surface area contributed by atoms with Crippen molar-refractivity contribution in [2.75, 3.05) is 27.2 Å². The average Bonchev–Trinajstić information content (AvgIpc) is 2.93. The standard InChI is InChI=1S/C21H21ClN6O3.ClH/c1-27-7-8-28-19(29)10-16(15-5-6-23-12-24-15)25-20(28)17(11-27)26-21(30)14-4-3-13(22)9-18(14)31-2;/h3-6,9-10,12,17H,7-8,11H2,1-2H3,(H,26,30);1H. The molecule has 1 amide bonds. The maximum absolute atomic E-state index is 13.1. The van der Waals surface area contributed by atoms with E-state index in [0.29, 0.717) is 53.2 Å². The molecule has 11 heteroatoms. The quantitative estimate of drug-likeness (QED) is 0.615. The van der Waals surface area contributed by atoms with Crippen molar-refractivity contribution >= 4 is 29.9 Å². The summed E-state index contributed by atoms with van der Waals surface area (Å²) in [6.45, 7) is 1.61. The minimum Gasteiger partial charge on any atom is -0.496 e. The zero-order chi connectivity index (χ0) is 22.0. The van der Waals surface area contributed by atoms with E-state index in [4.69, 9.17) is 21.3 Å². The zero-order valence-electron chi connectivity index (χ0n) is 17.5. The van der Waals surface area contributed by atoms with Gasteiger partial charge in [-0.3, -0.25) is 14.2 Å². The van der Waals surface area contributed by atoms with Crippen molar-refractivity contribution < 1.29 is 9.53 Å². The number of fused-ring (bicyclic) bond motifs is 1. The van der Waals surface area contributed by atoms with E-state index in [0.717, 1.165) is 0 Å². The lowest BCUT2D eigenvalue weighted by molar-refractivity contribution is 0.0924. The minimum absolute atomic E-state index is 0. The maximum atomic E-state index is 13.1. The number of aromatic nitrogens is 4. The van der Waals surface area contributed by atoms with Gasteiger partial charge >= 0.3 is 0 Å². The van der Waals surface area contributed by atoms with E-state index in [1.165, 1.54) is 19.5 Å². The molecule has 3 heterocycles. The molecule has 3 aromatic rings. The number of nitrogens with one attached hydrogen (secondary N) is 1. The number of halogens is 2. The second kappa shape index (κ2) is 10.1. The Bertz CT molecular complexity index is 1170. The summed E-state index contributed by atoms with van der Waals surface area (Å²) >= 11 is 6.02. The van der Waals surface area contributed by atoms with Crippen LogP contribution in [0, 0.1) is 0 Å². The lowest BCUT2D eigenvalue weighted by atomic mass is 10.1. The molecule has 1 aromatic carbocycles. The van der Waals surface area contributed by atoms with Crippen molar-refractivity contribution in [1.29, 1.82) is 0 Å². The summed E-state index contributed by atoms with van der Waals surface area (Å²) in [6.07, 6.45) is 2.99. The molecule has 1 aliphatic heterocycles. The summed E-state index contributed by atoms with van der Waals surface area (Å²) in [5.74, 6) is 0.501. The van der Waals surface area contributed by atoms with E-state index in [2.05, 4.69) is 15.3 Å². The van der Waals surface area contributed by atoms with Crippen molar-refractivity contribution in [2.24, 2.45) is 0 Å². The van der Waals surface area contributed by atoms with Gasteiger partial charge in [0.15, 0.2) is 0 Å². The molecule has 2 aromatic heterocycles. The Morgan fingerprint density at radius 1 is 1.22 bits per heavy atom. The normalized spacial score (nSPS) is 15.8. The van der Waals surface area contributed by atoms with Crippen LogP contribution in [0.15, 0.2) is 47.7 Å². The second-order valence-corrected chi connectivity index (χ2v) is 7.65. The first-order chi connectivity index (χ1) is 15.0. The van der Waals surface area contributed by atoms with Gasteiger partial charge in [-0.2, -0.15) is 0 Å². The molecule has 0 spiro atoms. The Morgan fingerprint density at radius 2 is 2.03 bits per heavy atom. The fraction of sp³-hybridized carbons (Fsp3) is 0.286. The number of hydrogen-bond donors (Lipinski definition) is 1. The fourth-order valence-corrected chi connectivity index (χ4v) is 3.70. The van der Waals surface area contributed by atoms with Crippen molar-refractivity contribution in [3.8, 4) is 17.1 Å². The molecule has 0 fully saturated rings. The van der Waals surface area contributed by atoms with Crippen molar-refractivity contribution in [2.45, 2.75) is 12.6 Å². The Kier molecular flexibility index (Phi) is 7.44. The van der Waals surface area contributed by atoms with E-state index in [1.54, 1.807) is 35.0 Å². The van der Waals surface area contributed by atoms with Crippen LogP contribution in [0.5, 0.6) is 5.75 Å². The SMILES string of the molecule is COc1cc(Cl)ccc1C(=O)NC1CN(C)CCn2c1nc(-c1ccncn1)cc2=O.Cl. The second-order valence-electron chi connectivity index (χ2n) is 7.22. The Hall–Kier alpha value is -3.01. The van der Waals surface area contributed by atoms with Crippen molar-refractivity contribution in [3.63, 3.8) is 0 Å². The predicted octanol–water partition coefficient (Wildman–Crippen LogP) is 2.20. The molecule has 9 nitrogen and oxygen atoms in total. The number of likely N-dealkylation sites (N-methyl/N-ethyl adjacent to an activating group) is 1. The molecule has 32 heavy (non-hydrogen) atoms. The molecule has 0 saturated carbocycles. The number of methoxy groups -OCH3 is 1. The molecule has 1 unspecified atom stereocenters. The van der Waals surface area contributed by atoms with Gasteiger partial charge in [-0.05, 0) is 31.3 Å². The first kappa shape index (κ1) is 23.6. The number of carbonyl (C=O) groups is 1. The third-order valence-corrected chi connectivity index (χ3v) is 5.34. The summed E-state index contributed by atoms with van der Waals surface area (Å²) in [5.41, 5.74) is 1.13. The summed E-state index contributed by atoms with van der Waals surface area (Å²) < 4.78 is 6.90. The first-order valence-electron chi connectivity index (χ1n) is 9.67. The van der Waals surface area contributed by atoms with Gasteiger partial charge in [0.1, 0.15) is 23.9 Å². The number of carbonyl (C=O) groups excluding carboxylic acids is 1. The summed E-state index contributed by atoms with van der Waals surface area (Å²) in [6, 6.07) is 7.44. The number of nitrogens with zero attached hydrogens (tertiary/aromatic N) is 5. The fourth-order valence-electron chi connectivity index (χ4n) is 3.54. The summed E-state index contributed by atoms with van der Waals surface area (Å²) in [5, 5.41) is 3.47. The van der Waals surface area contributed by atoms with Gasteiger partial charge in [0.05, 0.1) is 24.1 Å². The molecule has 168 valence electrons. The monoisotopic (exact) mass is 476 g/mol. The first-order valence-corrected chi connectivity index (χ1v) is 10.0. The van der Waals surface area contributed by atoms with Crippen LogP contribution in [-0.4, -0.2) is 57.6 Å². The average molecular weight is 477 g/mol. The minimum atomic E-state index is -0.519. The molecule has 0 saturated heterocycles. The van der Waals surface area contributed by atoms with Crippen LogP contribution in [0.2, 0.25) is 5.02 Å².